The summed E-state index contributed by atoms with van der Waals surface area (Å²) >= 11 is 0. The molecule has 3 aromatic rings. The lowest BCUT2D eigenvalue weighted by Gasteiger charge is -2.22. The zero-order chi connectivity index (χ0) is 23.4. The molecule has 170 valence electrons. The molecule has 1 heterocycles. The maximum absolute atomic E-state index is 13.2. The van der Waals surface area contributed by atoms with Gasteiger partial charge in [0.1, 0.15) is 11.9 Å². The maximum atomic E-state index is 13.2. The molecule has 1 saturated heterocycles. The molecule has 1 aliphatic rings. The molecule has 0 saturated carbocycles. The SMILES string of the molecule is COC(=O)[C@@H]1C[C@@H](NC(=O)c2cccc(-c3ccc(F)cc3)c2)CN1Cc1ccc(C)cc1. The summed E-state index contributed by atoms with van der Waals surface area (Å²) in [5.74, 6) is -0.800. The number of hydrogen-bond donors (Lipinski definition) is 1. The standard InChI is InChI=1S/C27H27FN2O3/c1-18-6-8-19(9-7-18)16-30-17-24(15-25(30)27(32)33-2)29-26(31)22-5-3-4-21(14-22)20-10-12-23(28)13-11-20/h3-14,24-25H,15-17H2,1-2H3,(H,29,31)/t24-,25+/m1/s1. The monoisotopic (exact) mass is 446 g/mol. The topological polar surface area (TPSA) is 58.6 Å². The number of nitrogens with one attached hydrogen (secondary N) is 1. The molecular formula is C27H27FN2O3. The van der Waals surface area contributed by atoms with Crippen LogP contribution in [-0.2, 0) is 16.1 Å². The Morgan fingerprint density at radius 2 is 1.76 bits per heavy atom. The van der Waals surface area contributed by atoms with E-state index in [-0.39, 0.29) is 23.7 Å². The average Bonchev–Trinajstić information content (AvgIpc) is 3.22. The van der Waals surface area contributed by atoms with Crippen molar-refractivity contribution in [3.63, 3.8) is 0 Å². The fraction of sp³-hybridized carbons (Fsp3) is 0.259. The fourth-order valence-electron chi connectivity index (χ4n) is 4.24. The predicted molar refractivity (Wildman–Crippen MR) is 125 cm³/mol. The minimum atomic E-state index is -0.410. The Morgan fingerprint density at radius 1 is 1.03 bits per heavy atom. The van der Waals surface area contributed by atoms with Crippen molar-refractivity contribution in [2.75, 3.05) is 13.7 Å². The van der Waals surface area contributed by atoms with Gasteiger partial charge in [0.15, 0.2) is 0 Å². The molecule has 0 aromatic heterocycles. The molecule has 0 unspecified atom stereocenters. The van der Waals surface area contributed by atoms with Crippen LogP contribution in [0.2, 0.25) is 0 Å². The Labute approximate surface area is 193 Å². The first kappa shape index (κ1) is 22.7. The molecule has 2 atom stereocenters. The van der Waals surface area contributed by atoms with Crippen molar-refractivity contribution < 1.29 is 18.7 Å². The molecule has 0 spiro atoms. The number of rotatable bonds is 6. The number of amides is 1. The molecule has 1 fully saturated rings. The van der Waals surface area contributed by atoms with E-state index in [2.05, 4.69) is 22.3 Å². The van der Waals surface area contributed by atoms with Gasteiger partial charge >= 0.3 is 5.97 Å². The predicted octanol–water partition coefficient (Wildman–Crippen LogP) is 4.35. The molecular weight excluding hydrogens is 419 g/mol. The lowest BCUT2D eigenvalue weighted by molar-refractivity contribution is -0.146. The number of likely N-dealkylation sites (tertiary alicyclic amines) is 1. The molecule has 6 heteroatoms. The number of aryl methyl sites for hydroxylation is 1. The van der Waals surface area contributed by atoms with Gasteiger partial charge in [0.25, 0.3) is 5.91 Å². The quantitative estimate of drug-likeness (QED) is 0.572. The molecule has 1 amide bonds. The Morgan fingerprint density at radius 3 is 2.45 bits per heavy atom. The Hall–Kier alpha value is -3.51. The van der Waals surface area contributed by atoms with Crippen LogP contribution < -0.4 is 5.32 Å². The lowest BCUT2D eigenvalue weighted by Crippen LogP contribution is -2.37. The van der Waals surface area contributed by atoms with Gasteiger partial charge in [-0.1, -0.05) is 54.1 Å². The Kier molecular flexibility index (Phi) is 6.84. The summed E-state index contributed by atoms with van der Waals surface area (Å²) in [7, 11) is 1.39. The van der Waals surface area contributed by atoms with E-state index in [9.17, 15) is 14.0 Å². The van der Waals surface area contributed by atoms with Gasteiger partial charge in [-0.25, -0.2) is 4.39 Å². The molecule has 4 rings (SSSR count). The Balaban J connectivity index is 1.46. The first-order chi connectivity index (χ1) is 15.9. The zero-order valence-electron chi connectivity index (χ0n) is 18.8. The number of hydrogen-bond acceptors (Lipinski definition) is 4. The van der Waals surface area contributed by atoms with E-state index in [1.54, 1.807) is 24.3 Å². The van der Waals surface area contributed by atoms with Crippen LogP contribution in [0.15, 0.2) is 72.8 Å². The third-order valence-electron chi connectivity index (χ3n) is 6.02. The van der Waals surface area contributed by atoms with Crippen LogP contribution in [0.3, 0.4) is 0 Å². The molecule has 3 aromatic carbocycles. The van der Waals surface area contributed by atoms with Gasteiger partial charge in [-0.05, 0) is 54.3 Å². The van der Waals surface area contributed by atoms with Crippen LogP contribution >= 0.6 is 0 Å². The highest BCUT2D eigenvalue weighted by Gasteiger charge is 2.38. The van der Waals surface area contributed by atoms with Crippen molar-refractivity contribution >= 4 is 11.9 Å². The van der Waals surface area contributed by atoms with E-state index >= 15 is 0 Å². The molecule has 1 N–H and O–H groups in total. The summed E-state index contributed by atoms with van der Waals surface area (Å²) in [6.45, 7) is 3.19. The van der Waals surface area contributed by atoms with E-state index in [0.717, 1.165) is 16.7 Å². The van der Waals surface area contributed by atoms with Crippen LogP contribution in [0.5, 0.6) is 0 Å². The van der Waals surface area contributed by atoms with Crippen molar-refractivity contribution in [1.82, 2.24) is 10.2 Å². The van der Waals surface area contributed by atoms with E-state index in [0.29, 0.717) is 25.1 Å². The van der Waals surface area contributed by atoms with Crippen LogP contribution in [0.4, 0.5) is 4.39 Å². The highest BCUT2D eigenvalue weighted by Crippen LogP contribution is 2.24. The highest BCUT2D eigenvalue weighted by atomic mass is 19.1. The minimum Gasteiger partial charge on any atom is -0.468 e. The second-order valence-electron chi connectivity index (χ2n) is 8.45. The third kappa shape index (κ3) is 5.46. The van der Waals surface area contributed by atoms with Gasteiger partial charge in [0.05, 0.1) is 7.11 Å². The molecule has 33 heavy (non-hydrogen) atoms. The van der Waals surface area contributed by atoms with Crippen molar-refractivity contribution in [1.29, 1.82) is 0 Å². The fourth-order valence-corrected chi connectivity index (χ4v) is 4.24. The highest BCUT2D eigenvalue weighted by molar-refractivity contribution is 5.95. The number of esters is 1. The first-order valence-electron chi connectivity index (χ1n) is 11.0. The molecule has 5 nitrogen and oxygen atoms in total. The molecule has 0 bridgehead atoms. The summed E-state index contributed by atoms with van der Waals surface area (Å²) in [5, 5.41) is 3.07. The number of carbonyl (C=O) groups excluding carboxylic acids is 2. The largest absolute Gasteiger partial charge is 0.468 e. The van der Waals surface area contributed by atoms with Crippen LogP contribution in [0.25, 0.3) is 11.1 Å². The van der Waals surface area contributed by atoms with Crippen molar-refractivity contribution in [3.8, 4) is 11.1 Å². The van der Waals surface area contributed by atoms with Gasteiger partial charge in [-0.3, -0.25) is 14.5 Å². The molecule has 0 radical (unpaired) electrons. The normalized spacial score (nSPS) is 18.2. The van der Waals surface area contributed by atoms with Gasteiger partial charge in [-0.2, -0.15) is 0 Å². The third-order valence-corrected chi connectivity index (χ3v) is 6.02. The zero-order valence-corrected chi connectivity index (χ0v) is 18.8. The second kappa shape index (κ2) is 9.96. The Bertz CT molecular complexity index is 1130. The summed E-state index contributed by atoms with van der Waals surface area (Å²) < 4.78 is 18.2. The smallest absolute Gasteiger partial charge is 0.323 e. The molecule has 1 aliphatic heterocycles. The van der Waals surface area contributed by atoms with Crippen LogP contribution in [0.1, 0.15) is 27.9 Å². The number of methoxy groups -OCH3 is 1. The van der Waals surface area contributed by atoms with Crippen molar-refractivity contribution in [2.24, 2.45) is 0 Å². The van der Waals surface area contributed by atoms with E-state index < -0.39 is 6.04 Å². The number of ether oxygens (including phenoxy) is 1. The number of nitrogens with zero attached hydrogens (tertiary/aromatic N) is 1. The average molecular weight is 447 g/mol. The van der Waals surface area contributed by atoms with Crippen molar-refractivity contribution in [3.05, 3.63) is 95.3 Å². The van der Waals surface area contributed by atoms with Crippen LogP contribution in [0, 0.1) is 12.7 Å². The van der Waals surface area contributed by atoms with E-state index in [1.807, 2.05) is 31.2 Å². The lowest BCUT2D eigenvalue weighted by atomic mass is 10.0. The van der Waals surface area contributed by atoms with E-state index in [1.165, 1.54) is 24.8 Å². The van der Waals surface area contributed by atoms with Gasteiger partial charge in [0.2, 0.25) is 0 Å². The van der Waals surface area contributed by atoms with Gasteiger partial charge < -0.3 is 10.1 Å². The minimum absolute atomic E-state index is 0.179. The molecule has 0 aliphatic carbocycles. The summed E-state index contributed by atoms with van der Waals surface area (Å²) in [6, 6.07) is 21.0. The number of benzene rings is 3. The first-order valence-corrected chi connectivity index (χ1v) is 11.0. The van der Waals surface area contributed by atoms with Crippen molar-refractivity contribution in [2.45, 2.75) is 32.0 Å². The maximum Gasteiger partial charge on any atom is 0.323 e. The van der Waals surface area contributed by atoms with Crippen LogP contribution in [-0.4, -0.2) is 42.5 Å². The summed E-state index contributed by atoms with van der Waals surface area (Å²) in [4.78, 5) is 27.4. The van der Waals surface area contributed by atoms with Gasteiger partial charge in [0, 0.05) is 24.7 Å². The second-order valence-corrected chi connectivity index (χ2v) is 8.45. The summed E-state index contributed by atoms with van der Waals surface area (Å²) in [6.07, 6.45) is 0.488. The number of halogens is 1. The number of carbonyl (C=O) groups is 2. The van der Waals surface area contributed by atoms with E-state index in [4.69, 9.17) is 4.74 Å². The van der Waals surface area contributed by atoms with Gasteiger partial charge in [-0.15, -0.1) is 0 Å². The summed E-state index contributed by atoms with van der Waals surface area (Å²) in [5.41, 5.74) is 4.47.